The van der Waals surface area contributed by atoms with Crippen LogP contribution in [0.3, 0.4) is 0 Å². The summed E-state index contributed by atoms with van der Waals surface area (Å²) in [5.74, 6) is -1.86. The third-order valence-corrected chi connectivity index (χ3v) is 8.49. The molecule has 0 fully saturated rings. The van der Waals surface area contributed by atoms with E-state index < -0.39 is 27.4 Å². The van der Waals surface area contributed by atoms with E-state index in [-0.39, 0.29) is 27.3 Å². The van der Waals surface area contributed by atoms with Gasteiger partial charge < -0.3 is 10.2 Å². The Morgan fingerprint density at radius 1 is 1.00 bits per heavy atom. The molecule has 2 heterocycles. The summed E-state index contributed by atoms with van der Waals surface area (Å²) in [5.41, 5.74) is 2.97. The first kappa shape index (κ1) is 25.7. The first-order valence-electron chi connectivity index (χ1n) is 12.0. The van der Waals surface area contributed by atoms with Crippen molar-refractivity contribution in [2.24, 2.45) is 0 Å². The van der Waals surface area contributed by atoms with Crippen molar-refractivity contribution in [1.29, 1.82) is 0 Å². The maximum absolute atomic E-state index is 13.4. The van der Waals surface area contributed by atoms with E-state index in [1.165, 1.54) is 21.7 Å². The van der Waals surface area contributed by atoms with Gasteiger partial charge in [-0.05, 0) is 56.2 Å². The van der Waals surface area contributed by atoms with Crippen molar-refractivity contribution >= 4 is 44.6 Å². The number of para-hydroxylation sites is 3. The minimum absolute atomic E-state index is 0.0584. The SMILES string of the molecule is Cc1nn(-c2ccccc2)c(Cl)c1C(=O)Nc1ccccc1S(=O)(=O)CC(=O)N1c2ccccc2C[C@@H]1C. The van der Waals surface area contributed by atoms with E-state index in [0.29, 0.717) is 17.8 Å². The summed E-state index contributed by atoms with van der Waals surface area (Å²) >= 11 is 6.52. The first-order chi connectivity index (χ1) is 18.2. The average molecular weight is 549 g/mol. The third kappa shape index (κ3) is 4.70. The zero-order valence-corrected chi connectivity index (χ0v) is 22.3. The molecule has 1 N–H and O–H groups in total. The van der Waals surface area contributed by atoms with Gasteiger partial charge in [0.1, 0.15) is 16.5 Å². The van der Waals surface area contributed by atoms with Crippen LogP contribution in [-0.2, 0) is 21.1 Å². The lowest BCUT2D eigenvalue weighted by molar-refractivity contribution is -0.116. The number of aryl methyl sites for hydroxylation is 1. The van der Waals surface area contributed by atoms with Crippen LogP contribution in [0.1, 0.15) is 28.5 Å². The number of halogens is 1. The highest BCUT2D eigenvalue weighted by Gasteiger charge is 2.34. The van der Waals surface area contributed by atoms with Gasteiger partial charge in [0.2, 0.25) is 5.91 Å². The fraction of sp³-hybridized carbons (Fsp3) is 0.179. The number of nitrogens with zero attached hydrogens (tertiary/aromatic N) is 3. The number of aromatic nitrogens is 2. The number of carbonyl (C=O) groups excluding carboxylic acids is 2. The molecule has 1 aliphatic heterocycles. The summed E-state index contributed by atoms with van der Waals surface area (Å²) in [5, 5.41) is 7.14. The predicted octanol–water partition coefficient (Wildman–Crippen LogP) is 4.84. The maximum atomic E-state index is 13.4. The number of fused-ring (bicyclic) bond motifs is 1. The minimum Gasteiger partial charge on any atom is -0.321 e. The molecular weight excluding hydrogens is 524 g/mol. The van der Waals surface area contributed by atoms with Crippen molar-refractivity contribution in [3.05, 3.63) is 101 Å². The molecule has 4 aromatic rings. The molecule has 2 amide bonds. The molecule has 194 valence electrons. The minimum atomic E-state index is -4.10. The lowest BCUT2D eigenvalue weighted by atomic mass is 10.1. The summed E-state index contributed by atoms with van der Waals surface area (Å²) in [7, 11) is -4.10. The highest BCUT2D eigenvalue weighted by molar-refractivity contribution is 7.92. The Hall–Kier alpha value is -3.95. The molecule has 0 saturated heterocycles. The van der Waals surface area contributed by atoms with Crippen LogP contribution >= 0.6 is 11.6 Å². The van der Waals surface area contributed by atoms with Crippen molar-refractivity contribution in [1.82, 2.24) is 9.78 Å². The molecule has 8 nitrogen and oxygen atoms in total. The number of sulfone groups is 1. The fourth-order valence-corrected chi connectivity index (χ4v) is 6.50. The summed E-state index contributed by atoms with van der Waals surface area (Å²) in [6.45, 7) is 3.54. The highest BCUT2D eigenvalue weighted by atomic mass is 35.5. The summed E-state index contributed by atoms with van der Waals surface area (Å²) in [4.78, 5) is 27.9. The number of benzene rings is 3. The zero-order valence-electron chi connectivity index (χ0n) is 20.8. The monoisotopic (exact) mass is 548 g/mol. The van der Waals surface area contributed by atoms with Crippen LogP contribution in [0.25, 0.3) is 5.69 Å². The zero-order chi connectivity index (χ0) is 27.0. The van der Waals surface area contributed by atoms with Crippen molar-refractivity contribution in [3.63, 3.8) is 0 Å². The molecule has 1 atom stereocenters. The Kier molecular flexibility index (Phi) is 6.81. The van der Waals surface area contributed by atoms with Crippen molar-refractivity contribution in [2.75, 3.05) is 16.0 Å². The standard InChI is InChI=1S/C28H25ClN4O4S/c1-18-16-20-10-6-8-14-23(20)32(18)25(34)17-38(36,37)24-15-9-7-13-22(24)30-28(35)26-19(2)31-33(27(26)29)21-11-4-3-5-12-21/h3-15,18H,16-17H2,1-2H3,(H,30,35)/t18-/m0/s1. The average Bonchev–Trinajstić information content (AvgIpc) is 3.39. The Bertz CT molecular complexity index is 1650. The van der Waals surface area contributed by atoms with Gasteiger partial charge in [0.15, 0.2) is 9.84 Å². The van der Waals surface area contributed by atoms with Gasteiger partial charge in [-0.1, -0.05) is 60.1 Å². The van der Waals surface area contributed by atoms with E-state index in [1.807, 2.05) is 49.4 Å². The smallest absolute Gasteiger partial charge is 0.260 e. The third-order valence-electron chi connectivity index (χ3n) is 6.49. The predicted molar refractivity (Wildman–Crippen MR) is 147 cm³/mol. The van der Waals surface area contributed by atoms with Crippen molar-refractivity contribution < 1.29 is 18.0 Å². The normalized spacial score (nSPS) is 14.8. The van der Waals surface area contributed by atoms with E-state index in [2.05, 4.69) is 10.4 Å². The molecule has 3 aromatic carbocycles. The quantitative estimate of drug-likeness (QED) is 0.371. The van der Waals surface area contributed by atoms with Crippen LogP contribution < -0.4 is 10.2 Å². The number of rotatable bonds is 6. The molecule has 0 radical (unpaired) electrons. The van der Waals surface area contributed by atoms with Crippen LogP contribution in [-0.4, -0.2) is 41.8 Å². The number of carbonyl (C=O) groups is 2. The molecule has 0 spiro atoms. The van der Waals surface area contributed by atoms with Gasteiger partial charge in [0.05, 0.1) is 22.0 Å². The highest BCUT2D eigenvalue weighted by Crippen LogP contribution is 2.33. The van der Waals surface area contributed by atoms with Crippen LogP contribution in [0.4, 0.5) is 11.4 Å². The van der Waals surface area contributed by atoms with E-state index in [9.17, 15) is 18.0 Å². The van der Waals surface area contributed by atoms with Crippen LogP contribution in [0.15, 0.2) is 83.8 Å². The lowest BCUT2D eigenvalue weighted by Gasteiger charge is -2.23. The van der Waals surface area contributed by atoms with Gasteiger partial charge in [-0.25, -0.2) is 13.1 Å². The molecule has 0 aliphatic carbocycles. The van der Waals surface area contributed by atoms with Crippen LogP contribution in [0.5, 0.6) is 0 Å². The second-order valence-corrected chi connectivity index (χ2v) is 11.5. The second kappa shape index (κ2) is 10.1. The number of nitrogens with one attached hydrogen (secondary N) is 1. The fourth-order valence-electron chi connectivity index (χ4n) is 4.78. The molecule has 0 bridgehead atoms. The topological polar surface area (TPSA) is 101 Å². The Labute approximate surface area is 225 Å². The molecule has 1 aromatic heterocycles. The largest absolute Gasteiger partial charge is 0.321 e. The number of anilines is 2. The van der Waals surface area contributed by atoms with Crippen molar-refractivity contribution in [2.45, 2.75) is 31.2 Å². The number of amides is 2. The van der Waals surface area contributed by atoms with E-state index in [1.54, 1.807) is 31.2 Å². The Balaban J connectivity index is 1.41. The first-order valence-corrected chi connectivity index (χ1v) is 14.0. The molecule has 38 heavy (non-hydrogen) atoms. The number of hydrogen-bond acceptors (Lipinski definition) is 5. The maximum Gasteiger partial charge on any atom is 0.260 e. The van der Waals surface area contributed by atoms with Gasteiger partial charge in [-0.3, -0.25) is 9.59 Å². The molecule has 5 rings (SSSR count). The van der Waals surface area contributed by atoms with Gasteiger partial charge in [-0.2, -0.15) is 5.10 Å². The van der Waals surface area contributed by atoms with Gasteiger partial charge in [0.25, 0.3) is 5.91 Å². The van der Waals surface area contributed by atoms with E-state index >= 15 is 0 Å². The van der Waals surface area contributed by atoms with Crippen LogP contribution in [0.2, 0.25) is 5.15 Å². The van der Waals surface area contributed by atoms with E-state index in [4.69, 9.17) is 11.6 Å². The van der Waals surface area contributed by atoms with Gasteiger partial charge >= 0.3 is 0 Å². The van der Waals surface area contributed by atoms with E-state index in [0.717, 1.165) is 11.3 Å². The lowest BCUT2D eigenvalue weighted by Crippen LogP contribution is -2.39. The second-order valence-electron chi connectivity index (χ2n) is 9.15. The summed E-state index contributed by atoms with van der Waals surface area (Å²) in [6.07, 6.45) is 0.658. The molecule has 0 unspecified atom stereocenters. The Morgan fingerprint density at radius 2 is 1.66 bits per heavy atom. The van der Waals surface area contributed by atoms with Crippen LogP contribution in [0, 0.1) is 6.92 Å². The van der Waals surface area contributed by atoms with Gasteiger partial charge in [-0.15, -0.1) is 0 Å². The summed E-state index contributed by atoms with van der Waals surface area (Å²) < 4.78 is 28.3. The Morgan fingerprint density at radius 3 is 2.42 bits per heavy atom. The van der Waals surface area contributed by atoms with Crippen molar-refractivity contribution in [3.8, 4) is 5.69 Å². The molecule has 10 heteroatoms. The molecular formula is C28H25ClN4O4S. The molecule has 1 aliphatic rings. The number of hydrogen-bond donors (Lipinski definition) is 1. The van der Waals surface area contributed by atoms with Gasteiger partial charge in [0, 0.05) is 11.7 Å². The molecule has 0 saturated carbocycles. The summed E-state index contributed by atoms with van der Waals surface area (Å²) in [6, 6.07) is 22.4.